The summed E-state index contributed by atoms with van der Waals surface area (Å²) in [5.74, 6) is 0.453. The van der Waals surface area contributed by atoms with Gasteiger partial charge in [0.05, 0.1) is 17.7 Å². The number of aryl methyl sites for hydroxylation is 1. The van der Waals surface area contributed by atoms with Gasteiger partial charge >= 0.3 is 0 Å². The first-order chi connectivity index (χ1) is 12.1. The first-order valence-electron chi connectivity index (χ1n) is 8.15. The van der Waals surface area contributed by atoms with Crippen molar-refractivity contribution in [3.8, 4) is 0 Å². The second kappa shape index (κ2) is 6.04. The lowest BCUT2D eigenvalue weighted by Gasteiger charge is -2.35. The molecular weight excluding hydrogens is 318 g/mol. The number of carbonyl (C=O) groups is 1. The predicted molar refractivity (Wildman–Crippen MR) is 91.5 cm³/mol. The number of rotatable bonds is 3. The number of nitrogens with two attached hydrogens (primary N) is 1. The lowest BCUT2D eigenvalue weighted by Crippen LogP contribution is -2.42. The maximum Gasteiger partial charge on any atom is 0.245 e. The van der Waals surface area contributed by atoms with E-state index in [0.717, 1.165) is 29.1 Å². The van der Waals surface area contributed by atoms with Gasteiger partial charge in [-0.3, -0.25) is 9.78 Å². The quantitative estimate of drug-likeness (QED) is 0.743. The summed E-state index contributed by atoms with van der Waals surface area (Å²) >= 11 is 0. The predicted octanol–water partition coefficient (Wildman–Crippen LogP) is 1.07. The normalized spacial score (nSPS) is 16.7. The lowest BCUT2D eigenvalue weighted by atomic mass is 9.96. The number of pyridine rings is 1. The highest BCUT2D eigenvalue weighted by molar-refractivity contribution is 5.77. The Balaban J connectivity index is 1.68. The third-order valence-electron chi connectivity index (χ3n) is 4.49. The molecule has 1 amide bonds. The van der Waals surface area contributed by atoms with Gasteiger partial charge in [-0.05, 0) is 24.6 Å². The van der Waals surface area contributed by atoms with Gasteiger partial charge in [0, 0.05) is 37.1 Å². The Labute approximate surface area is 144 Å². The fourth-order valence-corrected chi connectivity index (χ4v) is 3.34. The van der Waals surface area contributed by atoms with E-state index in [9.17, 15) is 4.79 Å². The molecule has 1 aliphatic heterocycles. The molecule has 8 nitrogen and oxygen atoms in total. The van der Waals surface area contributed by atoms with Crippen molar-refractivity contribution in [2.75, 3.05) is 12.3 Å². The molecule has 0 saturated heterocycles. The Kier molecular flexibility index (Phi) is 3.72. The van der Waals surface area contributed by atoms with Crippen LogP contribution < -0.4 is 5.73 Å². The molecule has 0 fully saturated rings. The molecule has 0 aliphatic carbocycles. The van der Waals surface area contributed by atoms with Crippen LogP contribution in [0.5, 0.6) is 0 Å². The zero-order valence-electron chi connectivity index (χ0n) is 13.9. The molecule has 1 atom stereocenters. The fourth-order valence-electron chi connectivity index (χ4n) is 3.34. The average Bonchev–Trinajstić information content (AvgIpc) is 3.20. The van der Waals surface area contributed by atoms with Gasteiger partial charge in [0.15, 0.2) is 0 Å². The van der Waals surface area contributed by atoms with E-state index in [1.165, 1.54) is 0 Å². The number of nitrogens with zero attached hydrogens (tertiary/aromatic N) is 5. The summed E-state index contributed by atoms with van der Waals surface area (Å²) in [7, 11) is 0. The van der Waals surface area contributed by atoms with Crippen molar-refractivity contribution in [1.29, 1.82) is 0 Å². The van der Waals surface area contributed by atoms with Crippen LogP contribution in [0.1, 0.15) is 28.7 Å². The van der Waals surface area contributed by atoms with Crippen molar-refractivity contribution in [2.24, 2.45) is 0 Å². The minimum Gasteiger partial charge on any atom is -0.384 e. The van der Waals surface area contributed by atoms with Crippen molar-refractivity contribution in [2.45, 2.75) is 25.9 Å². The van der Waals surface area contributed by atoms with E-state index >= 15 is 0 Å². The standard InChI is InChI=1S/C17H19N7O/c1-11-8-14(18)24(22-11)9-15(25)23-7-4-13-16(21-10-20-13)17(23)12-2-5-19-6-3-12/h2-3,5-6,8,10,17H,4,7,9,18H2,1H3,(H,20,21). The van der Waals surface area contributed by atoms with Gasteiger partial charge in [-0.15, -0.1) is 0 Å². The maximum atomic E-state index is 13.0. The van der Waals surface area contributed by atoms with Gasteiger partial charge in [0.25, 0.3) is 0 Å². The number of anilines is 1. The van der Waals surface area contributed by atoms with Crippen LogP contribution in [0.25, 0.3) is 0 Å². The number of fused-ring (bicyclic) bond motifs is 1. The van der Waals surface area contributed by atoms with Crippen LogP contribution in [0.4, 0.5) is 5.82 Å². The topological polar surface area (TPSA) is 106 Å². The van der Waals surface area contributed by atoms with Gasteiger partial charge in [-0.1, -0.05) is 0 Å². The minimum absolute atomic E-state index is 0.0368. The molecule has 8 heteroatoms. The first kappa shape index (κ1) is 15.4. The lowest BCUT2D eigenvalue weighted by molar-refractivity contribution is -0.134. The SMILES string of the molecule is Cc1cc(N)n(CC(=O)N2CCc3[nH]cnc3C2c2ccncc2)n1. The van der Waals surface area contributed by atoms with Crippen LogP contribution in [-0.4, -0.2) is 42.1 Å². The second-order valence-corrected chi connectivity index (χ2v) is 6.15. The molecular formula is C17H19N7O. The third kappa shape index (κ3) is 2.75. The molecule has 3 aromatic rings. The molecule has 0 aromatic carbocycles. The molecule has 128 valence electrons. The summed E-state index contributed by atoms with van der Waals surface area (Å²) in [6, 6.07) is 5.36. The molecule has 4 heterocycles. The van der Waals surface area contributed by atoms with E-state index in [1.807, 2.05) is 24.0 Å². The fraction of sp³-hybridized carbons (Fsp3) is 0.294. The van der Waals surface area contributed by atoms with E-state index in [2.05, 4.69) is 20.1 Å². The Hall–Kier alpha value is -3.16. The Morgan fingerprint density at radius 1 is 1.40 bits per heavy atom. The van der Waals surface area contributed by atoms with E-state index in [1.54, 1.807) is 29.5 Å². The summed E-state index contributed by atoms with van der Waals surface area (Å²) in [4.78, 5) is 26.6. The van der Waals surface area contributed by atoms with Crippen molar-refractivity contribution in [3.05, 3.63) is 59.6 Å². The van der Waals surface area contributed by atoms with Crippen LogP contribution in [0, 0.1) is 6.92 Å². The average molecular weight is 337 g/mol. The van der Waals surface area contributed by atoms with Crippen LogP contribution in [0.3, 0.4) is 0 Å². The molecule has 25 heavy (non-hydrogen) atoms. The van der Waals surface area contributed by atoms with E-state index < -0.39 is 0 Å². The number of nitrogens with one attached hydrogen (secondary N) is 1. The largest absolute Gasteiger partial charge is 0.384 e. The van der Waals surface area contributed by atoms with Crippen molar-refractivity contribution >= 4 is 11.7 Å². The first-order valence-corrected chi connectivity index (χ1v) is 8.15. The van der Waals surface area contributed by atoms with E-state index in [-0.39, 0.29) is 18.5 Å². The zero-order chi connectivity index (χ0) is 17.4. The molecule has 0 spiro atoms. The highest BCUT2D eigenvalue weighted by atomic mass is 16.2. The van der Waals surface area contributed by atoms with Gasteiger partial charge in [0.1, 0.15) is 18.4 Å². The van der Waals surface area contributed by atoms with Crippen LogP contribution in [0.2, 0.25) is 0 Å². The van der Waals surface area contributed by atoms with Crippen molar-refractivity contribution in [1.82, 2.24) is 29.6 Å². The van der Waals surface area contributed by atoms with Gasteiger partial charge in [-0.2, -0.15) is 5.10 Å². The molecule has 0 radical (unpaired) electrons. The van der Waals surface area contributed by atoms with Gasteiger partial charge < -0.3 is 15.6 Å². The van der Waals surface area contributed by atoms with E-state index in [4.69, 9.17) is 5.73 Å². The zero-order valence-corrected chi connectivity index (χ0v) is 13.9. The van der Waals surface area contributed by atoms with Gasteiger partial charge in [0.2, 0.25) is 5.91 Å². The summed E-state index contributed by atoms with van der Waals surface area (Å²) in [5, 5.41) is 4.29. The third-order valence-corrected chi connectivity index (χ3v) is 4.49. The minimum atomic E-state index is -0.233. The van der Waals surface area contributed by atoms with Crippen molar-refractivity contribution in [3.63, 3.8) is 0 Å². The number of nitrogen functional groups attached to an aromatic ring is 1. The second-order valence-electron chi connectivity index (χ2n) is 6.15. The number of carbonyl (C=O) groups excluding carboxylic acids is 1. The highest BCUT2D eigenvalue weighted by Crippen LogP contribution is 2.33. The number of aromatic nitrogens is 5. The molecule has 1 unspecified atom stereocenters. The van der Waals surface area contributed by atoms with Crippen molar-refractivity contribution < 1.29 is 4.79 Å². The maximum absolute atomic E-state index is 13.0. The van der Waals surface area contributed by atoms with Crippen LogP contribution in [-0.2, 0) is 17.8 Å². The summed E-state index contributed by atoms with van der Waals surface area (Å²) in [5.41, 5.74) is 9.67. The number of hydrogen-bond acceptors (Lipinski definition) is 5. The van der Waals surface area contributed by atoms with Crippen LogP contribution in [0.15, 0.2) is 36.9 Å². The smallest absolute Gasteiger partial charge is 0.245 e. The Morgan fingerprint density at radius 2 is 2.20 bits per heavy atom. The molecule has 3 N–H and O–H groups in total. The number of hydrogen-bond donors (Lipinski definition) is 2. The summed E-state index contributed by atoms with van der Waals surface area (Å²) in [6.07, 6.45) is 5.89. The number of imidazole rings is 1. The molecule has 0 saturated carbocycles. The molecule has 3 aromatic heterocycles. The van der Waals surface area contributed by atoms with Gasteiger partial charge in [-0.25, -0.2) is 9.67 Å². The molecule has 0 bridgehead atoms. The monoisotopic (exact) mass is 337 g/mol. The summed E-state index contributed by atoms with van der Waals surface area (Å²) < 4.78 is 1.54. The molecule has 1 aliphatic rings. The number of H-pyrrole nitrogens is 1. The highest BCUT2D eigenvalue weighted by Gasteiger charge is 2.34. The van der Waals surface area contributed by atoms with Crippen LogP contribution >= 0.6 is 0 Å². The number of amides is 1. The molecule has 4 rings (SSSR count). The Bertz CT molecular complexity index is 899. The van der Waals surface area contributed by atoms with E-state index in [0.29, 0.717) is 12.4 Å². The summed E-state index contributed by atoms with van der Waals surface area (Å²) in [6.45, 7) is 2.58. The Morgan fingerprint density at radius 3 is 2.92 bits per heavy atom. The number of aromatic amines is 1.